The van der Waals surface area contributed by atoms with Gasteiger partial charge in [0.05, 0.1) is 5.02 Å². The van der Waals surface area contributed by atoms with Crippen LogP contribution in [0.15, 0.2) is 36.4 Å². The Morgan fingerprint density at radius 2 is 1.97 bits per heavy atom. The fourth-order valence-electron chi connectivity index (χ4n) is 3.59. The number of fused-ring (bicyclic) bond motifs is 1. The van der Waals surface area contributed by atoms with Crippen molar-refractivity contribution in [2.75, 3.05) is 18.0 Å². The van der Waals surface area contributed by atoms with E-state index in [0.717, 1.165) is 43.7 Å². The van der Waals surface area contributed by atoms with Crippen LogP contribution in [0.5, 0.6) is 0 Å². The molecule has 152 valence electrons. The number of anilines is 1. The molecule has 0 bridgehead atoms. The average molecular weight is 413 g/mol. The zero-order valence-corrected chi connectivity index (χ0v) is 17.4. The molecule has 1 fully saturated rings. The first-order valence-corrected chi connectivity index (χ1v) is 10.5. The maximum Gasteiger partial charge on any atom is 0.223 e. The van der Waals surface area contributed by atoms with Crippen molar-refractivity contribution in [1.29, 1.82) is 0 Å². The number of halogens is 1. The van der Waals surface area contributed by atoms with E-state index in [9.17, 15) is 4.79 Å². The number of amides is 1. The van der Waals surface area contributed by atoms with Gasteiger partial charge in [-0.1, -0.05) is 30.7 Å². The molecule has 0 unspecified atom stereocenters. The minimum atomic E-state index is 0.0672. The van der Waals surface area contributed by atoms with Crippen molar-refractivity contribution in [2.45, 2.75) is 39.2 Å². The molecule has 4 rings (SSSR count). The summed E-state index contributed by atoms with van der Waals surface area (Å²) in [6, 6.07) is 11.6. The summed E-state index contributed by atoms with van der Waals surface area (Å²) in [5, 5.41) is 17.0. The highest BCUT2D eigenvalue weighted by atomic mass is 35.5. The van der Waals surface area contributed by atoms with E-state index in [1.807, 2.05) is 43.3 Å². The number of carbonyl (C=O) groups excluding carboxylic acids is 1. The molecular weight excluding hydrogens is 388 g/mol. The Morgan fingerprint density at radius 3 is 2.69 bits per heavy atom. The van der Waals surface area contributed by atoms with E-state index in [4.69, 9.17) is 16.7 Å². The van der Waals surface area contributed by atoms with Gasteiger partial charge in [0.15, 0.2) is 11.5 Å². The number of nitrogens with zero attached hydrogens (tertiary/aromatic N) is 5. The van der Waals surface area contributed by atoms with Gasteiger partial charge < -0.3 is 10.2 Å². The predicted octanol–water partition coefficient (Wildman–Crippen LogP) is 3.58. The van der Waals surface area contributed by atoms with Gasteiger partial charge >= 0.3 is 0 Å². The summed E-state index contributed by atoms with van der Waals surface area (Å²) in [5.41, 5.74) is 1.47. The standard InChI is InChI=1S/C21H25ClN6O/c1-3-14(2)23-21(29)15-10-12-27(13-11-15)19-9-8-18-24-25-20(28(18)26-19)16-6-4-5-7-17(16)22/h4-9,14-15H,3,10-13H2,1-2H3,(H,23,29)/t14-/m1/s1. The Kier molecular flexibility index (Phi) is 5.67. The van der Waals surface area contributed by atoms with Crippen LogP contribution in [0.2, 0.25) is 5.02 Å². The quantitative estimate of drug-likeness (QED) is 0.693. The Labute approximate surface area is 175 Å². The molecule has 1 atom stereocenters. The van der Waals surface area contributed by atoms with E-state index in [-0.39, 0.29) is 17.9 Å². The molecule has 1 aromatic carbocycles. The van der Waals surface area contributed by atoms with Crippen LogP contribution in [0, 0.1) is 5.92 Å². The van der Waals surface area contributed by atoms with Crippen molar-refractivity contribution < 1.29 is 4.79 Å². The van der Waals surface area contributed by atoms with Crippen LogP contribution in [0.3, 0.4) is 0 Å². The molecule has 0 saturated carbocycles. The summed E-state index contributed by atoms with van der Waals surface area (Å²) in [6.45, 7) is 5.71. The van der Waals surface area contributed by atoms with Gasteiger partial charge in [-0.05, 0) is 50.5 Å². The zero-order valence-electron chi connectivity index (χ0n) is 16.7. The molecule has 3 aromatic rings. The summed E-state index contributed by atoms with van der Waals surface area (Å²) in [4.78, 5) is 14.6. The number of benzene rings is 1. The smallest absolute Gasteiger partial charge is 0.223 e. The van der Waals surface area contributed by atoms with E-state index in [2.05, 4.69) is 27.3 Å². The summed E-state index contributed by atoms with van der Waals surface area (Å²) in [5.74, 6) is 1.71. The second-order valence-corrected chi connectivity index (χ2v) is 7.95. The van der Waals surface area contributed by atoms with Crippen LogP contribution < -0.4 is 10.2 Å². The van der Waals surface area contributed by atoms with Crippen molar-refractivity contribution in [2.24, 2.45) is 5.92 Å². The topological polar surface area (TPSA) is 75.4 Å². The van der Waals surface area contributed by atoms with Crippen LogP contribution in [-0.4, -0.2) is 44.8 Å². The second-order valence-electron chi connectivity index (χ2n) is 7.54. The Morgan fingerprint density at radius 1 is 1.21 bits per heavy atom. The molecule has 1 amide bonds. The molecule has 8 heteroatoms. The number of nitrogens with one attached hydrogen (secondary N) is 1. The van der Waals surface area contributed by atoms with E-state index < -0.39 is 0 Å². The third kappa shape index (κ3) is 4.05. The Balaban J connectivity index is 1.52. The first-order valence-electron chi connectivity index (χ1n) is 10.1. The molecule has 2 aromatic heterocycles. The third-order valence-electron chi connectivity index (χ3n) is 5.55. The van der Waals surface area contributed by atoms with Crippen LogP contribution in [0.4, 0.5) is 5.82 Å². The van der Waals surface area contributed by atoms with Crippen molar-refractivity contribution >= 4 is 29.0 Å². The van der Waals surface area contributed by atoms with Gasteiger partial charge in [-0.3, -0.25) is 4.79 Å². The maximum atomic E-state index is 12.4. The molecule has 0 aliphatic carbocycles. The molecule has 7 nitrogen and oxygen atoms in total. The number of hydrogen-bond acceptors (Lipinski definition) is 5. The van der Waals surface area contributed by atoms with Crippen LogP contribution >= 0.6 is 11.6 Å². The predicted molar refractivity (Wildman–Crippen MR) is 114 cm³/mol. The van der Waals surface area contributed by atoms with Crippen molar-refractivity contribution in [1.82, 2.24) is 25.1 Å². The number of carbonyl (C=O) groups is 1. The van der Waals surface area contributed by atoms with Crippen molar-refractivity contribution in [3.63, 3.8) is 0 Å². The van der Waals surface area contributed by atoms with Gasteiger partial charge in [-0.25, -0.2) is 0 Å². The minimum Gasteiger partial charge on any atom is -0.355 e. The second kappa shape index (κ2) is 8.37. The Bertz CT molecular complexity index is 1010. The van der Waals surface area contributed by atoms with Gasteiger partial charge in [-0.15, -0.1) is 15.3 Å². The third-order valence-corrected chi connectivity index (χ3v) is 5.88. The molecule has 1 N–H and O–H groups in total. The number of hydrogen-bond donors (Lipinski definition) is 1. The highest BCUT2D eigenvalue weighted by molar-refractivity contribution is 6.33. The summed E-state index contributed by atoms with van der Waals surface area (Å²) >= 11 is 6.34. The van der Waals surface area contributed by atoms with Gasteiger partial charge in [0.25, 0.3) is 0 Å². The van der Waals surface area contributed by atoms with Gasteiger partial charge in [0, 0.05) is 30.6 Å². The maximum absolute atomic E-state index is 12.4. The molecule has 1 saturated heterocycles. The van der Waals surface area contributed by atoms with Crippen LogP contribution in [0.25, 0.3) is 17.0 Å². The highest BCUT2D eigenvalue weighted by Crippen LogP contribution is 2.27. The largest absolute Gasteiger partial charge is 0.355 e. The van der Waals surface area contributed by atoms with Crippen LogP contribution in [0.1, 0.15) is 33.1 Å². The first kappa shape index (κ1) is 19.6. The first-order chi connectivity index (χ1) is 14.1. The van der Waals surface area contributed by atoms with Gasteiger partial charge in [-0.2, -0.15) is 4.52 Å². The van der Waals surface area contributed by atoms with E-state index in [0.29, 0.717) is 16.5 Å². The Hall–Kier alpha value is -2.67. The van der Waals surface area contributed by atoms with E-state index in [1.165, 1.54) is 0 Å². The molecule has 3 heterocycles. The van der Waals surface area contributed by atoms with E-state index in [1.54, 1.807) is 4.52 Å². The molecule has 0 radical (unpaired) electrons. The van der Waals surface area contributed by atoms with Crippen molar-refractivity contribution in [3.8, 4) is 11.4 Å². The van der Waals surface area contributed by atoms with Crippen molar-refractivity contribution in [3.05, 3.63) is 41.4 Å². The number of piperidine rings is 1. The van der Waals surface area contributed by atoms with Crippen LogP contribution in [-0.2, 0) is 4.79 Å². The number of aromatic nitrogens is 4. The molecular formula is C21H25ClN6O. The molecule has 1 aliphatic heterocycles. The lowest BCUT2D eigenvalue weighted by Gasteiger charge is -2.32. The fourth-order valence-corrected chi connectivity index (χ4v) is 3.81. The zero-order chi connectivity index (χ0) is 20.4. The lowest BCUT2D eigenvalue weighted by Crippen LogP contribution is -2.43. The molecule has 1 aliphatic rings. The monoisotopic (exact) mass is 412 g/mol. The molecule has 29 heavy (non-hydrogen) atoms. The van der Waals surface area contributed by atoms with Gasteiger partial charge in [0.2, 0.25) is 5.91 Å². The number of rotatable bonds is 5. The summed E-state index contributed by atoms with van der Waals surface area (Å²) in [6.07, 6.45) is 2.59. The highest BCUT2D eigenvalue weighted by Gasteiger charge is 2.26. The lowest BCUT2D eigenvalue weighted by molar-refractivity contribution is -0.126. The SMILES string of the molecule is CC[C@@H](C)NC(=O)C1CCN(c2ccc3nnc(-c4ccccc4Cl)n3n2)CC1. The normalized spacial score (nSPS) is 16.2. The minimum absolute atomic E-state index is 0.0672. The summed E-state index contributed by atoms with van der Waals surface area (Å²) < 4.78 is 1.73. The van der Waals surface area contributed by atoms with Gasteiger partial charge in [0.1, 0.15) is 5.82 Å². The fraction of sp³-hybridized carbons (Fsp3) is 0.429. The average Bonchev–Trinajstić information content (AvgIpc) is 3.17. The molecule has 0 spiro atoms. The lowest BCUT2D eigenvalue weighted by atomic mass is 9.95. The van der Waals surface area contributed by atoms with E-state index >= 15 is 0 Å². The summed E-state index contributed by atoms with van der Waals surface area (Å²) in [7, 11) is 0.